The van der Waals surface area contributed by atoms with E-state index in [1.807, 2.05) is 19.9 Å². The van der Waals surface area contributed by atoms with Gasteiger partial charge in [-0.25, -0.2) is 0 Å². The van der Waals surface area contributed by atoms with E-state index in [2.05, 4.69) is 10.6 Å². The fourth-order valence-electron chi connectivity index (χ4n) is 2.47. The van der Waals surface area contributed by atoms with Crippen LogP contribution in [0.2, 0.25) is 5.02 Å². The molecule has 2 N–H and O–H groups in total. The van der Waals surface area contributed by atoms with Crippen LogP contribution in [0.5, 0.6) is 5.75 Å². The van der Waals surface area contributed by atoms with Gasteiger partial charge in [-0.1, -0.05) is 11.6 Å². The first-order chi connectivity index (χ1) is 11.9. The Morgan fingerprint density at radius 2 is 2.08 bits per heavy atom. The molecule has 7 heteroatoms. The number of aryl methyl sites for hydroxylation is 1. The van der Waals surface area contributed by atoms with E-state index in [9.17, 15) is 9.59 Å². The molecule has 1 aliphatic rings. The average Bonchev–Trinajstić information content (AvgIpc) is 2.58. The van der Waals surface area contributed by atoms with E-state index in [1.54, 1.807) is 24.3 Å². The zero-order valence-corrected chi connectivity index (χ0v) is 15.5. The van der Waals surface area contributed by atoms with Crippen LogP contribution in [0.3, 0.4) is 0 Å². The van der Waals surface area contributed by atoms with Gasteiger partial charge < -0.3 is 15.4 Å². The minimum atomic E-state index is -0.291. The molecule has 1 aliphatic heterocycles. The maximum Gasteiger partial charge on any atom is 0.255 e. The molecule has 0 aliphatic carbocycles. The second-order valence-corrected chi connectivity index (χ2v) is 7.51. The van der Waals surface area contributed by atoms with Crippen molar-refractivity contribution in [3.8, 4) is 5.75 Å². The van der Waals surface area contributed by atoms with Gasteiger partial charge in [0.1, 0.15) is 5.75 Å². The molecular weight excluding hydrogens is 360 g/mol. The molecule has 0 spiro atoms. The Morgan fingerprint density at radius 1 is 1.32 bits per heavy atom. The number of carbonyl (C=O) groups is 2. The lowest BCUT2D eigenvalue weighted by atomic mass is 10.1. The van der Waals surface area contributed by atoms with Crippen LogP contribution < -0.4 is 15.4 Å². The van der Waals surface area contributed by atoms with Crippen molar-refractivity contribution in [2.24, 2.45) is 0 Å². The first kappa shape index (κ1) is 17.6. The number of rotatable bonds is 3. The van der Waals surface area contributed by atoms with E-state index in [0.717, 1.165) is 10.5 Å². The Bertz CT molecular complexity index is 870. The van der Waals surface area contributed by atoms with E-state index >= 15 is 0 Å². The van der Waals surface area contributed by atoms with Crippen LogP contribution in [0.4, 0.5) is 11.4 Å². The van der Waals surface area contributed by atoms with Crippen molar-refractivity contribution in [3.63, 3.8) is 0 Å². The van der Waals surface area contributed by atoms with Gasteiger partial charge in [-0.05, 0) is 43.7 Å². The highest BCUT2D eigenvalue weighted by Gasteiger charge is 2.24. The van der Waals surface area contributed by atoms with Crippen LogP contribution >= 0.6 is 23.4 Å². The van der Waals surface area contributed by atoms with E-state index in [0.29, 0.717) is 27.7 Å². The minimum Gasteiger partial charge on any atom is -0.495 e. The number of benzene rings is 2. The Kier molecular flexibility index (Phi) is 4.92. The first-order valence-electron chi connectivity index (χ1n) is 7.66. The summed E-state index contributed by atoms with van der Waals surface area (Å²) in [4.78, 5) is 25.4. The van der Waals surface area contributed by atoms with Gasteiger partial charge in [0.05, 0.1) is 23.7 Å². The Morgan fingerprint density at radius 3 is 2.80 bits per heavy atom. The summed E-state index contributed by atoms with van der Waals surface area (Å²) in [5, 5.41) is 6.08. The van der Waals surface area contributed by atoms with Crippen molar-refractivity contribution in [3.05, 3.63) is 46.5 Å². The molecule has 0 radical (unpaired) electrons. The SMILES string of the molecule is COc1cc(Cl)c(C)cc1NC(=O)c1ccc2c(c1)NC(=O)C(C)S2. The molecule has 0 bridgehead atoms. The fraction of sp³-hybridized carbons (Fsp3) is 0.222. The number of thioether (sulfide) groups is 1. The predicted molar refractivity (Wildman–Crippen MR) is 101 cm³/mol. The third-order valence-corrected chi connectivity index (χ3v) is 5.49. The number of ether oxygens (including phenoxy) is 1. The molecule has 0 fully saturated rings. The zero-order chi connectivity index (χ0) is 18.1. The highest BCUT2D eigenvalue weighted by Crippen LogP contribution is 2.36. The Balaban J connectivity index is 1.87. The minimum absolute atomic E-state index is 0.0648. The Labute approximate surface area is 155 Å². The molecule has 0 aromatic heterocycles. The topological polar surface area (TPSA) is 67.4 Å². The van der Waals surface area contributed by atoms with Crippen molar-refractivity contribution in [1.29, 1.82) is 0 Å². The molecule has 1 atom stereocenters. The summed E-state index contributed by atoms with van der Waals surface area (Å²) in [5.41, 5.74) is 2.48. The van der Waals surface area contributed by atoms with Crippen LogP contribution in [-0.2, 0) is 4.79 Å². The first-order valence-corrected chi connectivity index (χ1v) is 8.92. The molecule has 1 heterocycles. The van der Waals surface area contributed by atoms with Crippen molar-refractivity contribution >= 4 is 46.6 Å². The standard InChI is InChI=1S/C18H17ClN2O3S/c1-9-6-13(15(24-3)8-12(9)19)20-18(23)11-4-5-16-14(7-11)21-17(22)10(2)25-16/h4-8,10H,1-3H3,(H,20,23)(H,21,22). The molecule has 3 rings (SSSR count). The molecular formula is C18H17ClN2O3S. The predicted octanol–water partition coefficient (Wildman–Crippen LogP) is 4.34. The van der Waals surface area contributed by atoms with Crippen LogP contribution in [0, 0.1) is 6.92 Å². The number of hydrogen-bond acceptors (Lipinski definition) is 4. The maximum atomic E-state index is 12.6. The van der Waals surface area contributed by atoms with E-state index in [-0.39, 0.29) is 17.1 Å². The summed E-state index contributed by atoms with van der Waals surface area (Å²) < 4.78 is 5.27. The number of anilines is 2. The lowest BCUT2D eigenvalue weighted by molar-refractivity contribution is -0.115. The van der Waals surface area contributed by atoms with Gasteiger partial charge in [0, 0.05) is 21.5 Å². The molecule has 2 aromatic carbocycles. The molecule has 2 aromatic rings. The third-order valence-electron chi connectivity index (χ3n) is 3.90. The van der Waals surface area contributed by atoms with Crippen LogP contribution in [-0.4, -0.2) is 24.2 Å². The molecule has 5 nitrogen and oxygen atoms in total. The number of amides is 2. The van der Waals surface area contributed by atoms with Crippen molar-refractivity contribution in [1.82, 2.24) is 0 Å². The summed E-state index contributed by atoms with van der Waals surface area (Å²) >= 11 is 7.56. The number of nitrogens with one attached hydrogen (secondary N) is 2. The van der Waals surface area contributed by atoms with E-state index < -0.39 is 0 Å². The van der Waals surface area contributed by atoms with Gasteiger partial charge in [0.2, 0.25) is 5.91 Å². The van der Waals surface area contributed by atoms with Crippen LogP contribution in [0.1, 0.15) is 22.8 Å². The summed E-state index contributed by atoms with van der Waals surface area (Å²) in [7, 11) is 1.52. The van der Waals surface area contributed by atoms with Crippen molar-refractivity contribution in [2.45, 2.75) is 24.0 Å². The molecule has 130 valence electrons. The lowest BCUT2D eigenvalue weighted by Crippen LogP contribution is -2.26. The highest BCUT2D eigenvalue weighted by atomic mass is 35.5. The lowest BCUT2D eigenvalue weighted by Gasteiger charge is -2.21. The van der Waals surface area contributed by atoms with Gasteiger partial charge in [-0.3, -0.25) is 9.59 Å². The largest absolute Gasteiger partial charge is 0.495 e. The quantitative estimate of drug-likeness (QED) is 0.836. The van der Waals surface area contributed by atoms with Gasteiger partial charge in [-0.2, -0.15) is 0 Å². The number of halogens is 1. The molecule has 1 unspecified atom stereocenters. The number of fused-ring (bicyclic) bond motifs is 1. The maximum absolute atomic E-state index is 12.6. The smallest absolute Gasteiger partial charge is 0.255 e. The van der Waals surface area contributed by atoms with Gasteiger partial charge in [-0.15, -0.1) is 11.8 Å². The average molecular weight is 377 g/mol. The van der Waals surface area contributed by atoms with E-state index in [1.165, 1.54) is 18.9 Å². The number of methoxy groups -OCH3 is 1. The Hall–Kier alpha value is -2.18. The summed E-state index contributed by atoms with van der Waals surface area (Å²) in [6, 6.07) is 8.68. The monoisotopic (exact) mass is 376 g/mol. The van der Waals surface area contributed by atoms with Crippen LogP contribution in [0.15, 0.2) is 35.2 Å². The molecule has 0 saturated heterocycles. The molecule has 2 amide bonds. The highest BCUT2D eigenvalue weighted by molar-refractivity contribution is 8.00. The normalized spacial score (nSPS) is 16.0. The van der Waals surface area contributed by atoms with Crippen molar-refractivity contribution in [2.75, 3.05) is 17.7 Å². The van der Waals surface area contributed by atoms with Gasteiger partial charge >= 0.3 is 0 Å². The number of hydrogen-bond donors (Lipinski definition) is 2. The third kappa shape index (κ3) is 3.60. The van der Waals surface area contributed by atoms with Crippen molar-refractivity contribution < 1.29 is 14.3 Å². The molecule has 0 saturated carbocycles. The zero-order valence-electron chi connectivity index (χ0n) is 14.0. The second kappa shape index (κ2) is 6.98. The van der Waals surface area contributed by atoms with Crippen LogP contribution in [0.25, 0.3) is 0 Å². The van der Waals surface area contributed by atoms with E-state index in [4.69, 9.17) is 16.3 Å². The molecule has 25 heavy (non-hydrogen) atoms. The summed E-state index contributed by atoms with van der Waals surface area (Å²) in [6.45, 7) is 3.70. The van der Waals surface area contributed by atoms with Gasteiger partial charge in [0.25, 0.3) is 5.91 Å². The second-order valence-electron chi connectivity index (χ2n) is 5.72. The summed E-state index contributed by atoms with van der Waals surface area (Å²) in [6.07, 6.45) is 0. The fourth-order valence-corrected chi connectivity index (χ4v) is 3.56. The number of carbonyl (C=O) groups excluding carboxylic acids is 2. The summed E-state index contributed by atoms with van der Waals surface area (Å²) in [5.74, 6) is 0.130. The van der Waals surface area contributed by atoms with Gasteiger partial charge in [0.15, 0.2) is 0 Å².